The summed E-state index contributed by atoms with van der Waals surface area (Å²) in [6, 6.07) is 5.83. The van der Waals surface area contributed by atoms with Crippen LogP contribution >= 0.6 is 11.6 Å². The number of nitrogens with zero attached hydrogens (tertiary/aromatic N) is 6. The first-order valence-electron chi connectivity index (χ1n) is 12.8. The summed E-state index contributed by atoms with van der Waals surface area (Å²) in [7, 11) is 0. The lowest BCUT2D eigenvalue weighted by Gasteiger charge is -2.45. The summed E-state index contributed by atoms with van der Waals surface area (Å²) in [5, 5.41) is 18.4. The lowest BCUT2D eigenvalue weighted by molar-refractivity contribution is -0.137. The maximum atomic E-state index is 13.2. The van der Waals surface area contributed by atoms with Gasteiger partial charge in [0, 0.05) is 24.8 Å². The van der Waals surface area contributed by atoms with Crippen molar-refractivity contribution >= 4 is 23.5 Å². The molecule has 0 atom stereocenters. The van der Waals surface area contributed by atoms with Crippen LogP contribution in [0.2, 0.25) is 5.02 Å². The van der Waals surface area contributed by atoms with Crippen LogP contribution in [-0.4, -0.2) is 49.2 Å². The molecule has 0 radical (unpaired) electrons. The Labute approximate surface area is 234 Å². The molecule has 5 rings (SSSR count). The van der Waals surface area contributed by atoms with E-state index in [1.165, 1.54) is 23.0 Å². The Kier molecular flexibility index (Phi) is 6.77. The van der Waals surface area contributed by atoms with E-state index in [2.05, 4.69) is 16.3 Å². The van der Waals surface area contributed by atoms with Gasteiger partial charge in [-0.15, -0.1) is 0 Å². The standard InChI is InChI=1S/C27H29ClF3N7O2/c1-25(2,3)40-24(39)36-8-7-26(15-36)9-18(10-26)38-23(33)19(11-32)22(35-38)17-12-34-37(14-17)13-16-5-4-6-20(21(16)28)27(29,30)31/h4-6,12,14,18H,7-10,13,15,33H2,1-3H3/t18-,26-. The molecule has 3 aromatic rings. The molecule has 2 N–H and O–H groups in total. The molecule has 2 fully saturated rings. The third-order valence-corrected chi connectivity index (χ3v) is 7.90. The van der Waals surface area contributed by atoms with Crippen molar-refractivity contribution in [3.63, 3.8) is 0 Å². The molecular formula is C27H29ClF3N7O2. The summed E-state index contributed by atoms with van der Waals surface area (Å²) in [4.78, 5) is 14.2. The number of hydrogen-bond donors (Lipinski definition) is 1. The zero-order chi connectivity index (χ0) is 29.0. The molecule has 2 aromatic heterocycles. The fraction of sp³-hybridized carbons (Fsp3) is 0.481. The van der Waals surface area contributed by atoms with Crippen molar-refractivity contribution in [2.45, 2.75) is 64.4 Å². The van der Waals surface area contributed by atoms with Crippen molar-refractivity contribution < 1.29 is 22.7 Å². The van der Waals surface area contributed by atoms with E-state index < -0.39 is 17.3 Å². The minimum absolute atomic E-state index is 0.000123. The van der Waals surface area contributed by atoms with Crippen LogP contribution in [0.4, 0.5) is 23.8 Å². The Balaban J connectivity index is 1.31. The molecule has 0 bridgehead atoms. The highest BCUT2D eigenvalue weighted by Gasteiger charge is 2.51. The van der Waals surface area contributed by atoms with Gasteiger partial charge in [-0.1, -0.05) is 23.7 Å². The number of carbonyl (C=O) groups is 1. The van der Waals surface area contributed by atoms with E-state index in [-0.39, 0.29) is 46.1 Å². The minimum Gasteiger partial charge on any atom is -0.444 e. The van der Waals surface area contributed by atoms with Crippen LogP contribution < -0.4 is 5.73 Å². The summed E-state index contributed by atoms with van der Waals surface area (Å²) in [6.07, 6.45) is 0.580. The Hall–Kier alpha value is -3.72. The molecule has 40 heavy (non-hydrogen) atoms. The number of rotatable bonds is 4. The van der Waals surface area contributed by atoms with Gasteiger partial charge in [-0.2, -0.15) is 28.6 Å². The van der Waals surface area contributed by atoms with Crippen molar-refractivity contribution in [2.24, 2.45) is 5.41 Å². The average Bonchev–Trinajstić information content (AvgIpc) is 3.55. The monoisotopic (exact) mass is 575 g/mol. The number of halogens is 4. The first-order valence-corrected chi connectivity index (χ1v) is 13.2. The van der Waals surface area contributed by atoms with Gasteiger partial charge in [0.05, 0.1) is 29.4 Å². The topological polar surface area (TPSA) is 115 Å². The summed E-state index contributed by atoms with van der Waals surface area (Å²) < 4.78 is 48.3. The van der Waals surface area contributed by atoms with Gasteiger partial charge in [0.15, 0.2) is 0 Å². The molecule has 1 saturated carbocycles. The molecule has 0 unspecified atom stereocenters. The van der Waals surface area contributed by atoms with Crippen molar-refractivity contribution in [3.05, 3.63) is 52.3 Å². The number of ether oxygens (including phenoxy) is 1. The van der Waals surface area contributed by atoms with E-state index in [4.69, 9.17) is 22.1 Å². The molecule has 1 saturated heterocycles. The molecule has 212 valence electrons. The zero-order valence-corrected chi connectivity index (χ0v) is 23.1. The number of carbonyl (C=O) groups excluding carboxylic acids is 1. The van der Waals surface area contributed by atoms with Gasteiger partial charge >= 0.3 is 12.3 Å². The highest BCUT2D eigenvalue weighted by atomic mass is 35.5. The van der Waals surface area contributed by atoms with Gasteiger partial charge in [-0.3, -0.25) is 4.68 Å². The van der Waals surface area contributed by atoms with Crippen LogP contribution in [0.15, 0.2) is 30.6 Å². The lowest BCUT2D eigenvalue weighted by Crippen LogP contribution is -2.43. The SMILES string of the molecule is CC(C)(C)OC(=O)N1CC[C@]2(C1)C[C@H](n1nc(-c3cnn(Cc4cccc(C(F)(F)F)c4Cl)c3)c(C#N)c1N)C2. The first-order chi connectivity index (χ1) is 18.7. The van der Waals surface area contributed by atoms with Gasteiger partial charge in [-0.05, 0) is 57.1 Å². The molecule has 3 heterocycles. The normalized spacial score (nSPS) is 20.9. The molecule has 1 spiro atoms. The maximum Gasteiger partial charge on any atom is 0.417 e. The molecule has 9 nitrogen and oxygen atoms in total. The number of alkyl halides is 3. The molecule has 13 heteroatoms. The first kappa shape index (κ1) is 27.8. The van der Waals surface area contributed by atoms with Crippen LogP contribution in [0.1, 0.15) is 62.8 Å². The van der Waals surface area contributed by atoms with Gasteiger partial charge < -0.3 is 15.4 Å². The smallest absolute Gasteiger partial charge is 0.417 e. The third kappa shape index (κ3) is 5.22. The molecule has 1 aliphatic carbocycles. The minimum atomic E-state index is -4.57. The Bertz CT molecular complexity index is 1490. The van der Waals surface area contributed by atoms with Crippen LogP contribution in [0.3, 0.4) is 0 Å². The quantitative estimate of drug-likeness (QED) is 0.415. The largest absolute Gasteiger partial charge is 0.444 e. The van der Waals surface area contributed by atoms with Crippen molar-refractivity contribution in [2.75, 3.05) is 18.8 Å². The number of anilines is 1. The average molecular weight is 576 g/mol. The fourth-order valence-electron chi connectivity index (χ4n) is 5.57. The molecular weight excluding hydrogens is 547 g/mol. The Morgan fingerprint density at radius 2 is 2.02 bits per heavy atom. The zero-order valence-electron chi connectivity index (χ0n) is 22.3. The van der Waals surface area contributed by atoms with Gasteiger partial charge in [0.2, 0.25) is 0 Å². The van der Waals surface area contributed by atoms with E-state index in [0.717, 1.165) is 25.3 Å². The van der Waals surface area contributed by atoms with Crippen LogP contribution in [0.25, 0.3) is 11.3 Å². The molecule has 1 aromatic carbocycles. The second-order valence-electron chi connectivity index (χ2n) is 11.6. The summed E-state index contributed by atoms with van der Waals surface area (Å²) in [5.41, 5.74) is 6.16. The Morgan fingerprint density at radius 3 is 2.67 bits per heavy atom. The van der Waals surface area contributed by atoms with E-state index in [9.17, 15) is 23.2 Å². The van der Waals surface area contributed by atoms with Crippen LogP contribution in [-0.2, 0) is 17.5 Å². The number of nitrogen functional groups attached to an aromatic ring is 1. The van der Waals surface area contributed by atoms with E-state index in [1.54, 1.807) is 15.8 Å². The van der Waals surface area contributed by atoms with E-state index >= 15 is 0 Å². The molecule has 2 aliphatic rings. The van der Waals surface area contributed by atoms with E-state index in [0.29, 0.717) is 24.3 Å². The summed E-state index contributed by atoms with van der Waals surface area (Å²) in [5.74, 6) is 0.244. The Morgan fingerprint density at radius 1 is 1.30 bits per heavy atom. The maximum absolute atomic E-state index is 13.2. The second kappa shape index (κ2) is 9.73. The summed E-state index contributed by atoms with van der Waals surface area (Å²) >= 11 is 6.04. The number of nitriles is 1. The predicted molar refractivity (Wildman–Crippen MR) is 141 cm³/mol. The third-order valence-electron chi connectivity index (χ3n) is 7.46. The number of nitrogens with two attached hydrogens (primary N) is 1. The fourth-order valence-corrected chi connectivity index (χ4v) is 5.86. The van der Waals surface area contributed by atoms with Gasteiger partial charge in [0.25, 0.3) is 0 Å². The number of aromatic nitrogens is 4. The van der Waals surface area contributed by atoms with Crippen molar-refractivity contribution in [1.82, 2.24) is 24.5 Å². The second-order valence-corrected chi connectivity index (χ2v) is 12.0. The number of amides is 1. The highest BCUT2D eigenvalue weighted by molar-refractivity contribution is 6.32. The van der Waals surface area contributed by atoms with Gasteiger partial charge in [-0.25, -0.2) is 9.48 Å². The van der Waals surface area contributed by atoms with Crippen molar-refractivity contribution in [1.29, 1.82) is 5.26 Å². The highest BCUT2D eigenvalue weighted by Crippen LogP contribution is 2.55. The molecule has 1 aliphatic heterocycles. The van der Waals surface area contributed by atoms with Crippen LogP contribution in [0.5, 0.6) is 0 Å². The predicted octanol–water partition coefficient (Wildman–Crippen LogP) is 5.88. The lowest BCUT2D eigenvalue weighted by atomic mass is 9.65. The molecule has 1 amide bonds. The van der Waals surface area contributed by atoms with Crippen LogP contribution in [0, 0.1) is 16.7 Å². The number of benzene rings is 1. The summed E-state index contributed by atoms with van der Waals surface area (Å²) in [6.45, 7) is 6.74. The van der Waals surface area contributed by atoms with Crippen molar-refractivity contribution in [3.8, 4) is 17.3 Å². The number of hydrogen-bond acceptors (Lipinski definition) is 6. The van der Waals surface area contributed by atoms with Gasteiger partial charge in [0.1, 0.15) is 28.7 Å². The number of likely N-dealkylation sites (tertiary alicyclic amines) is 1. The van der Waals surface area contributed by atoms with E-state index in [1.807, 2.05) is 20.8 Å².